The van der Waals surface area contributed by atoms with Crippen molar-refractivity contribution in [3.63, 3.8) is 0 Å². The second-order valence-electron chi connectivity index (χ2n) is 3.02. The van der Waals surface area contributed by atoms with Crippen molar-refractivity contribution in [3.05, 3.63) is 21.1 Å². The normalized spacial score (nSPS) is 11.2. The third-order valence-corrected chi connectivity index (χ3v) is 4.14. The summed E-state index contributed by atoms with van der Waals surface area (Å²) in [6.45, 7) is 0. The zero-order chi connectivity index (χ0) is 12.5. The van der Waals surface area contributed by atoms with Crippen molar-refractivity contribution in [2.45, 2.75) is 4.90 Å². The van der Waals surface area contributed by atoms with Crippen molar-refractivity contribution in [2.24, 2.45) is 5.73 Å². The Morgan fingerprint density at radius 1 is 1.38 bits per heavy atom. The molecule has 0 heterocycles. The average molecular weight is 388 g/mol. The molecule has 8 heteroatoms. The molecule has 1 rings (SSSR count). The van der Waals surface area contributed by atoms with Crippen molar-refractivity contribution in [1.82, 2.24) is 0 Å². The summed E-state index contributed by atoms with van der Waals surface area (Å²) in [5.74, 6) is 0. The highest BCUT2D eigenvalue weighted by Gasteiger charge is 2.13. The third kappa shape index (κ3) is 3.41. The molecule has 0 amide bonds. The van der Waals surface area contributed by atoms with Gasteiger partial charge < -0.3 is 11.1 Å². The van der Waals surface area contributed by atoms with Gasteiger partial charge in [-0.2, -0.15) is 0 Å². The Morgan fingerprint density at radius 2 is 1.81 bits per heavy atom. The molecular weight excluding hydrogens is 380 g/mol. The molecule has 0 fully saturated rings. The van der Waals surface area contributed by atoms with Crippen molar-refractivity contribution < 1.29 is 8.42 Å². The first-order chi connectivity index (χ1) is 7.21. The maximum Gasteiger partial charge on any atom is 0.175 e. The van der Waals surface area contributed by atoms with Gasteiger partial charge in [0.1, 0.15) is 0 Å². The molecule has 0 aliphatic rings. The zero-order valence-electron chi connectivity index (χ0n) is 8.12. The molecule has 0 atom stereocenters. The van der Waals surface area contributed by atoms with Gasteiger partial charge >= 0.3 is 0 Å². The second-order valence-corrected chi connectivity index (χ2v) is 7.19. The molecule has 0 aromatic heterocycles. The summed E-state index contributed by atoms with van der Waals surface area (Å²) in [5, 5.41) is 2.85. The molecule has 0 saturated heterocycles. The Hall–Kier alpha value is -0.180. The maximum atomic E-state index is 11.4. The standard InChI is InChI=1S/C8H8Br2N2O2S2/c1-16(13,14)4-2-5(9)7(6(10)3-4)12-8(11)15/h2-3H,1H3,(H3,11,12,15). The van der Waals surface area contributed by atoms with Crippen LogP contribution in [-0.4, -0.2) is 19.8 Å². The van der Waals surface area contributed by atoms with Gasteiger partial charge in [-0.15, -0.1) is 0 Å². The Kier molecular flexibility index (Phi) is 4.33. The van der Waals surface area contributed by atoms with Gasteiger partial charge in [-0.05, 0) is 56.2 Å². The van der Waals surface area contributed by atoms with E-state index < -0.39 is 9.84 Å². The Labute approximate surface area is 116 Å². The lowest BCUT2D eigenvalue weighted by Gasteiger charge is -2.10. The molecule has 0 spiro atoms. The van der Waals surface area contributed by atoms with Crippen LogP contribution in [0.3, 0.4) is 0 Å². The minimum Gasteiger partial charge on any atom is -0.376 e. The van der Waals surface area contributed by atoms with E-state index in [4.69, 9.17) is 18.0 Å². The molecule has 0 unspecified atom stereocenters. The number of hydrogen-bond donors (Lipinski definition) is 2. The monoisotopic (exact) mass is 386 g/mol. The number of nitrogens with one attached hydrogen (secondary N) is 1. The van der Waals surface area contributed by atoms with Gasteiger partial charge in [-0.25, -0.2) is 8.42 Å². The summed E-state index contributed by atoms with van der Waals surface area (Å²) in [6.07, 6.45) is 1.14. The molecule has 0 aliphatic carbocycles. The second kappa shape index (κ2) is 4.99. The smallest absolute Gasteiger partial charge is 0.175 e. The van der Waals surface area contributed by atoms with Gasteiger partial charge in [0.15, 0.2) is 14.9 Å². The van der Waals surface area contributed by atoms with Gasteiger partial charge in [0.05, 0.1) is 10.6 Å². The summed E-state index contributed by atoms with van der Waals surface area (Å²) < 4.78 is 23.8. The van der Waals surface area contributed by atoms with Crippen LogP contribution in [0.1, 0.15) is 0 Å². The first kappa shape index (κ1) is 13.9. The van der Waals surface area contributed by atoms with Crippen molar-refractivity contribution in [2.75, 3.05) is 11.6 Å². The van der Waals surface area contributed by atoms with Gasteiger partial charge in [-0.3, -0.25) is 0 Å². The van der Waals surface area contributed by atoms with Crippen LogP contribution in [0.2, 0.25) is 0 Å². The van der Waals surface area contributed by atoms with E-state index in [9.17, 15) is 8.42 Å². The van der Waals surface area contributed by atoms with Crippen LogP contribution in [-0.2, 0) is 9.84 Å². The van der Waals surface area contributed by atoms with Crippen LogP contribution < -0.4 is 11.1 Å². The van der Waals surface area contributed by atoms with Crippen LogP contribution in [0.15, 0.2) is 26.0 Å². The van der Waals surface area contributed by atoms with Gasteiger partial charge in [0.2, 0.25) is 0 Å². The minimum absolute atomic E-state index is 0.105. The fourth-order valence-electron chi connectivity index (χ4n) is 1.01. The van der Waals surface area contributed by atoms with E-state index >= 15 is 0 Å². The number of sulfone groups is 1. The zero-order valence-corrected chi connectivity index (χ0v) is 12.9. The van der Waals surface area contributed by atoms with E-state index in [1.165, 1.54) is 12.1 Å². The predicted octanol–water partition coefficient (Wildman–Crippen LogP) is 2.27. The van der Waals surface area contributed by atoms with Crippen LogP contribution >= 0.6 is 44.1 Å². The fraction of sp³-hybridized carbons (Fsp3) is 0.125. The highest BCUT2D eigenvalue weighted by atomic mass is 79.9. The average Bonchev–Trinajstić information content (AvgIpc) is 2.09. The molecule has 0 bridgehead atoms. The number of hydrogen-bond acceptors (Lipinski definition) is 3. The highest BCUT2D eigenvalue weighted by Crippen LogP contribution is 2.33. The fourth-order valence-corrected chi connectivity index (χ4v) is 3.46. The molecule has 16 heavy (non-hydrogen) atoms. The summed E-state index contributed by atoms with van der Waals surface area (Å²) in [5.41, 5.74) is 5.94. The third-order valence-electron chi connectivity index (χ3n) is 1.69. The largest absolute Gasteiger partial charge is 0.376 e. The molecule has 3 N–H and O–H groups in total. The van der Waals surface area contributed by atoms with E-state index in [0.717, 1.165) is 6.26 Å². The summed E-state index contributed by atoms with van der Waals surface area (Å²) in [7, 11) is -3.24. The van der Waals surface area contributed by atoms with Crippen LogP contribution in [0, 0.1) is 0 Å². The van der Waals surface area contributed by atoms with E-state index in [-0.39, 0.29) is 10.0 Å². The summed E-state index contributed by atoms with van der Waals surface area (Å²) >= 11 is 11.2. The molecule has 88 valence electrons. The number of anilines is 1. The lowest BCUT2D eigenvalue weighted by molar-refractivity contribution is 0.602. The molecule has 0 radical (unpaired) electrons. The van der Waals surface area contributed by atoms with Crippen LogP contribution in [0.5, 0.6) is 0 Å². The van der Waals surface area contributed by atoms with Crippen molar-refractivity contribution >= 4 is 64.7 Å². The predicted molar refractivity (Wildman–Crippen MR) is 75.4 cm³/mol. The van der Waals surface area contributed by atoms with Crippen LogP contribution in [0.4, 0.5) is 5.69 Å². The van der Waals surface area contributed by atoms with Crippen molar-refractivity contribution in [3.8, 4) is 0 Å². The summed E-state index contributed by atoms with van der Waals surface area (Å²) in [4.78, 5) is 0.208. The van der Waals surface area contributed by atoms with Gasteiger partial charge in [-0.1, -0.05) is 0 Å². The SMILES string of the molecule is CS(=O)(=O)c1cc(Br)c(NC(N)=S)c(Br)c1. The van der Waals surface area contributed by atoms with E-state index in [1.54, 1.807) is 0 Å². The van der Waals surface area contributed by atoms with E-state index in [1.807, 2.05) is 0 Å². The maximum absolute atomic E-state index is 11.4. The van der Waals surface area contributed by atoms with Gasteiger partial charge in [0.25, 0.3) is 0 Å². The number of nitrogens with two attached hydrogens (primary N) is 1. The number of thiocarbonyl (C=S) groups is 1. The lowest BCUT2D eigenvalue weighted by atomic mass is 10.3. The lowest BCUT2D eigenvalue weighted by Crippen LogP contribution is -2.19. The molecule has 0 aliphatic heterocycles. The number of rotatable bonds is 2. The van der Waals surface area contributed by atoms with Crippen LogP contribution in [0.25, 0.3) is 0 Å². The van der Waals surface area contributed by atoms with E-state index in [2.05, 4.69) is 37.2 Å². The Balaban J connectivity index is 3.34. The van der Waals surface area contributed by atoms with Gasteiger partial charge in [0, 0.05) is 15.2 Å². The molecule has 1 aromatic carbocycles. The number of halogens is 2. The Morgan fingerprint density at radius 3 is 2.12 bits per heavy atom. The molecular formula is C8H8Br2N2O2S2. The van der Waals surface area contributed by atoms with E-state index in [0.29, 0.717) is 14.6 Å². The topological polar surface area (TPSA) is 72.2 Å². The minimum atomic E-state index is -3.24. The quantitative estimate of drug-likeness (QED) is 0.761. The molecule has 4 nitrogen and oxygen atoms in total. The first-order valence-corrected chi connectivity index (χ1v) is 7.86. The Bertz CT molecular complexity index is 520. The highest BCUT2D eigenvalue weighted by molar-refractivity contribution is 9.11. The first-order valence-electron chi connectivity index (χ1n) is 3.97. The molecule has 0 saturated carbocycles. The number of benzene rings is 1. The van der Waals surface area contributed by atoms with Crippen molar-refractivity contribution in [1.29, 1.82) is 0 Å². The molecule has 1 aromatic rings. The summed E-state index contributed by atoms with van der Waals surface area (Å²) in [6, 6.07) is 2.97.